The van der Waals surface area contributed by atoms with Gasteiger partial charge in [-0.25, -0.2) is 8.42 Å². The summed E-state index contributed by atoms with van der Waals surface area (Å²) in [6.07, 6.45) is 2.05. The summed E-state index contributed by atoms with van der Waals surface area (Å²) in [5.74, 6) is 0.508. The van der Waals surface area contributed by atoms with Gasteiger partial charge in [0.15, 0.2) is 15.9 Å². The number of hydrogen-bond donors (Lipinski definition) is 1. The standard InChI is InChI=1S/C21H27NO4S/c1-5-16-9-7-8-10-20(16)26-15(3)21(23)22-19(6-2)17-11-13-18(14-12-17)27(4,24)25/h7-15,19H,5-6H2,1-4H3,(H,22,23)/t15-,19-/m0/s1. The van der Waals surface area contributed by atoms with Gasteiger partial charge >= 0.3 is 0 Å². The fourth-order valence-electron chi connectivity index (χ4n) is 2.81. The lowest BCUT2D eigenvalue weighted by Crippen LogP contribution is -2.38. The number of rotatable bonds is 8. The highest BCUT2D eigenvalue weighted by Crippen LogP contribution is 2.22. The van der Waals surface area contributed by atoms with Crippen molar-refractivity contribution in [2.75, 3.05) is 6.26 Å². The van der Waals surface area contributed by atoms with Gasteiger partial charge in [0.1, 0.15) is 5.75 Å². The SMILES string of the molecule is CCc1ccccc1O[C@@H](C)C(=O)N[C@@H](CC)c1ccc(S(C)(=O)=O)cc1. The van der Waals surface area contributed by atoms with Crippen LogP contribution in [0.5, 0.6) is 5.75 Å². The topological polar surface area (TPSA) is 72.5 Å². The number of hydrogen-bond acceptors (Lipinski definition) is 4. The van der Waals surface area contributed by atoms with Crippen molar-refractivity contribution >= 4 is 15.7 Å². The van der Waals surface area contributed by atoms with E-state index in [1.54, 1.807) is 31.2 Å². The van der Waals surface area contributed by atoms with Crippen LogP contribution in [-0.4, -0.2) is 26.7 Å². The molecule has 0 unspecified atom stereocenters. The number of sulfone groups is 1. The van der Waals surface area contributed by atoms with Gasteiger partial charge in [0.25, 0.3) is 5.91 Å². The third-order valence-corrected chi connectivity index (χ3v) is 5.59. The highest BCUT2D eigenvalue weighted by molar-refractivity contribution is 7.90. The Morgan fingerprint density at radius 1 is 1.07 bits per heavy atom. The molecule has 6 heteroatoms. The molecule has 0 spiro atoms. The van der Waals surface area contributed by atoms with Gasteiger partial charge in [-0.05, 0) is 49.1 Å². The van der Waals surface area contributed by atoms with Gasteiger partial charge < -0.3 is 10.1 Å². The molecule has 0 aliphatic rings. The Morgan fingerprint density at radius 2 is 1.70 bits per heavy atom. The molecule has 0 saturated heterocycles. The Kier molecular flexibility index (Phi) is 7.02. The van der Waals surface area contributed by atoms with Gasteiger partial charge in [0, 0.05) is 6.26 Å². The first kappa shape index (κ1) is 21.0. The van der Waals surface area contributed by atoms with Crippen molar-refractivity contribution < 1.29 is 17.9 Å². The van der Waals surface area contributed by atoms with Crippen LogP contribution < -0.4 is 10.1 Å². The number of aryl methyl sites for hydroxylation is 1. The molecule has 2 aromatic rings. The van der Waals surface area contributed by atoms with Crippen LogP contribution in [0.3, 0.4) is 0 Å². The molecule has 5 nitrogen and oxygen atoms in total. The maximum atomic E-state index is 12.6. The predicted octanol–water partition coefficient (Wildman–Crippen LogP) is 3.69. The van der Waals surface area contributed by atoms with E-state index in [2.05, 4.69) is 5.32 Å². The zero-order chi connectivity index (χ0) is 20.0. The Labute approximate surface area is 161 Å². The summed E-state index contributed by atoms with van der Waals surface area (Å²) < 4.78 is 29.0. The first-order valence-corrected chi connectivity index (χ1v) is 11.0. The molecular formula is C21H27NO4S. The summed E-state index contributed by atoms with van der Waals surface area (Å²) >= 11 is 0. The molecular weight excluding hydrogens is 362 g/mol. The molecule has 146 valence electrons. The van der Waals surface area contributed by atoms with Gasteiger partial charge in [0.2, 0.25) is 0 Å². The summed E-state index contributed by atoms with van der Waals surface area (Å²) in [4.78, 5) is 12.8. The second-order valence-electron chi connectivity index (χ2n) is 6.53. The largest absolute Gasteiger partial charge is 0.481 e. The van der Waals surface area contributed by atoms with E-state index < -0.39 is 15.9 Å². The highest BCUT2D eigenvalue weighted by atomic mass is 32.2. The fourth-order valence-corrected chi connectivity index (χ4v) is 3.44. The van der Waals surface area contributed by atoms with E-state index in [-0.39, 0.29) is 16.8 Å². The second-order valence-corrected chi connectivity index (χ2v) is 8.55. The molecule has 27 heavy (non-hydrogen) atoms. The highest BCUT2D eigenvalue weighted by Gasteiger charge is 2.20. The first-order chi connectivity index (χ1) is 12.8. The number of benzene rings is 2. The summed E-state index contributed by atoms with van der Waals surface area (Å²) in [7, 11) is -3.24. The third-order valence-electron chi connectivity index (χ3n) is 4.46. The molecule has 0 aliphatic heterocycles. The summed E-state index contributed by atoms with van der Waals surface area (Å²) in [6, 6.07) is 14.1. The average Bonchev–Trinajstić information content (AvgIpc) is 2.65. The Bertz CT molecular complexity index is 875. The van der Waals surface area contributed by atoms with Crippen molar-refractivity contribution in [2.45, 2.75) is 50.7 Å². The van der Waals surface area contributed by atoms with E-state index in [0.717, 1.165) is 17.5 Å². The lowest BCUT2D eigenvalue weighted by Gasteiger charge is -2.22. The monoisotopic (exact) mass is 389 g/mol. The minimum atomic E-state index is -3.24. The zero-order valence-electron chi connectivity index (χ0n) is 16.2. The molecule has 0 heterocycles. The minimum absolute atomic E-state index is 0.208. The fraction of sp³-hybridized carbons (Fsp3) is 0.381. The molecule has 0 aliphatic carbocycles. The Balaban J connectivity index is 2.07. The van der Waals surface area contributed by atoms with Crippen LogP contribution in [0.4, 0.5) is 0 Å². The van der Waals surface area contributed by atoms with Crippen LogP contribution >= 0.6 is 0 Å². The zero-order valence-corrected chi connectivity index (χ0v) is 17.0. The normalized spacial score (nSPS) is 13.6. The quantitative estimate of drug-likeness (QED) is 0.747. The van der Waals surface area contributed by atoms with Crippen molar-refractivity contribution in [1.29, 1.82) is 0 Å². The van der Waals surface area contributed by atoms with E-state index in [1.165, 1.54) is 6.26 Å². The van der Waals surface area contributed by atoms with E-state index in [4.69, 9.17) is 4.74 Å². The Hall–Kier alpha value is -2.34. The van der Waals surface area contributed by atoms with E-state index in [1.807, 2.05) is 38.1 Å². The molecule has 2 atom stereocenters. The number of para-hydroxylation sites is 1. The van der Waals surface area contributed by atoms with Gasteiger partial charge in [-0.2, -0.15) is 0 Å². The second kappa shape index (κ2) is 9.04. The molecule has 1 amide bonds. The number of amides is 1. The van der Waals surface area contributed by atoms with Crippen molar-refractivity contribution in [3.05, 3.63) is 59.7 Å². The molecule has 1 N–H and O–H groups in total. The van der Waals surface area contributed by atoms with Gasteiger partial charge in [-0.1, -0.05) is 44.2 Å². The van der Waals surface area contributed by atoms with Gasteiger partial charge in [0.05, 0.1) is 10.9 Å². The molecule has 0 radical (unpaired) electrons. The van der Waals surface area contributed by atoms with Crippen LogP contribution in [0.1, 0.15) is 44.4 Å². The molecule has 0 aromatic heterocycles. The van der Waals surface area contributed by atoms with Crippen molar-refractivity contribution in [1.82, 2.24) is 5.32 Å². The lowest BCUT2D eigenvalue weighted by molar-refractivity contribution is -0.128. The summed E-state index contributed by atoms with van der Waals surface area (Å²) in [6.45, 7) is 5.73. The average molecular weight is 390 g/mol. The minimum Gasteiger partial charge on any atom is -0.481 e. The van der Waals surface area contributed by atoms with Crippen LogP contribution in [0.25, 0.3) is 0 Å². The summed E-state index contributed by atoms with van der Waals surface area (Å²) in [5.41, 5.74) is 1.92. The molecule has 0 saturated carbocycles. The summed E-state index contributed by atoms with van der Waals surface area (Å²) in [5, 5.41) is 2.99. The Morgan fingerprint density at radius 3 is 2.26 bits per heavy atom. The molecule has 0 bridgehead atoms. The van der Waals surface area contributed by atoms with Crippen molar-refractivity contribution in [3.63, 3.8) is 0 Å². The van der Waals surface area contributed by atoms with Crippen LogP contribution in [0.15, 0.2) is 53.4 Å². The maximum absolute atomic E-state index is 12.6. The van der Waals surface area contributed by atoms with E-state index >= 15 is 0 Å². The maximum Gasteiger partial charge on any atom is 0.261 e. The van der Waals surface area contributed by atoms with Crippen LogP contribution in [0.2, 0.25) is 0 Å². The first-order valence-electron chi connectivity index (χ1n) is 9.11. The van der Waals surface area contributed by atoms with Crippen LogP contribution in [0, 0.1) is 0 Å². The molecule has 0 fully saturated rings. The third kappa shape index (κ3) is 5.57. The lowest BCUT2D eigenvalue weighted by atomic mass is 10.0. The number of carbonyl (C=O) groups is 1. The van der Waals surface area contributed by atoms with Gasteiger partial charge in [-0.15, -0.1) is 0 Å². The molecule has 2 aromatic carbocycles. The van der Waals surface area contributed by atoms with Crippen molar-refractivity contribution in [3.8, 4) is 5.75 Å². The number of carbonyl (C=O) groups excluding carboxylic acids is 1. The number of nitrogens with one attached hydrogen (secondary N) is 1. The molecule has 2 rings (SSSR count). The number of ether oxygens (including phenoxy) is 1. The van der Waals surface area contributed by atoms with E-state index in [0.29, 0.717) is 12.2 Å². The smallest absolute Gasteiger partial charge is 0.261 e. The van der Waals surface area contributed by atoms with E-state index in [9.17, 15) is 13.2 Å². The van der Waals surface area contributed by atoms with Crippen molar-refractivity contribution in [2.24, 2.45) is 0 Å². The van der Waals surface area contributed by atoms with Crippen LogP contribution in [-0.2, 0) is 21.1 Å². The van der Waals surface area contributed by atoms with Gasteiger partial charge in [-0.3, -0.25) is 4.79 Å². The predicted molar refractivity (Wildman–Crippen MR) is 107 cm³/mol.